The van der Waals surface area contributed by atoms with Gasteiger partial charge in [0.05, 0.1) is 18.1 Å². The van der Waals surface area contributed by atoms with E-state index in [0.717, 1.165) is 5.56 Å². The Labute approximate surface area is 123 Å². The van der Waals surface area contributed by atoms with Crippen LogP contribution in [0.25, 0.3) is 0 Å². The Morgan fingerprint density at radius 1 is 1.20 bits per heavy atom. The van der Waals surface area contributed by atoms with E-state index >= 15 is 0 Å². The molecule has 1 amide bonds. The minimum absolute atomic E-state index is 0.0718. The molecule has 1 N–H and O–H groups in total. The van der Waals surface area contributed by atoms with E-state index in [2.05, 4.69) is 5.32 Å². The summed E-state index contributed by atoms with van der Waals surface area (Å²) in [4.78, 5) is 12.2. The fraction of sp³-hybridized carbons (Fsp3) is 0.188. The Bertz CT molecular complexity index is 599. The second kappa shape index (κ2) is 6.44. The highest BCUT2D eigenvalue weighted by Crippen LogP contribution is 2.28. The maximum Gasteiger partial charge on any atom is 0.231 e. The first-order valence-corrected chi connectivity index (χ1v) is 6.69. The number of carbonyl (C=O) groups excluding carboxylic acids is 1. The number of rotatable bonds is 4. The van der Waals surface area contributed by atoms with Crippen molar-refractivity contribution >= 4 is 23.2 Å². The molecule has 0 saturated carbocycles. The van der Waals surface area contributed by atoms with Gasteiger partial charge in [0.1, 0.15) is 5.75 Å². The van der Waals surface area contributed by atoms with Gasteiger partial charge in [-0.25, -0.2) is 0 Å². The van der Waals surface area contributed by atoms with Crippen molar-refractivity contribution in [2.45, 2.75) is 12.8 Å². The van der Waals surface area contributed by atoms with Gasteiger partial charge in [-0.1, -0.05) is 41.9 Å². The second-order valence-corrected chi connectivity index (χ2v) is 4.88. The summed E-state index contributed by atoms with van der Waals surface area (Å²) in [6.07, 6.45) is 0. The normalized spacial score (nSPS) is 11.8. The summed E-state index contributed by atoms with van der Waals surface area (Å²) in [5, 5.41) is 3.32. The molecule has 0 radical (unpaired) electrons. The van der Waals surface area contributed by atoms with Gasteiger partial charge in [-0.05, 0) is 30.7 Å². The highest BCUT2D eigenvalue weighted by molar-refractivity contribution is 6.32. The van der Waals surface area contributed by atoms with E-state index in [1.807, 2.05) is 37.3 Å². The van der Waals surface area contributed by atoms with Crippen molar-refractivity contribution in [3.8, 4) is 5.75 Å². The molecule has 2 rings (SSSR count). The lowest BCUT2D eigenvalue weighted by molar-refractivity contribution is -0.117. The van der Waals surface area contributed by atoms with Gasteiger partial charge < -0.3 is 10.1 Å². The van der Waals surface area contributed by atoms with Crippen LogP contribution in [-0.2, 0) is 4.79 Å². The molecule has 0 aliphatic carbocycles. The Hall–Kier alpha value is -2.00. The molecular weight excluding hydrogens is 274 g/mol. The van der Waals surface area contributed by atoms with Crippen LogP contribution in [0, 0.1) is 0 Å². The Morgan fingerprint density at radius 3 is 2.50 bits per heavy atom. The number of carbonyl (C=O) groups is 1. The Morgan fingerprint density at radius 2 is 1.90 bits per heavy atom. The van der Waals surface area contributed by atoms with Gasteiger partial charge in [-0.3, -0.25) is 4.79 Å². The minimum atomic E-state index is -0.225. The third-order valence-electron chi connectivity index (χ3n) is 3.11. The van der Waals surface area contributed by atoms with Gasteiger partial charge in [0.15, 0.2) is 0 Å². The van der Waals surface area contributed by atoms with Gasteiger partial charge >= 0.3 is 0 Å². The molecule has 0 saturated heterocycles. The zero-order chi connectivity index (χ0) is 14.5. The maximum atomic E-state index is 12.2. The van der Waals surface area contributed by atoms with Crippen LogP contribution in [0.5, 0.6) is 5.75 Å². The maximum absolute atomic E-state index is 12.2. The average Bonchev–Trinajstić information content (AvgIpc) is 2.47. The first-order valence-electron chi connectivity index (χ1n) is 6.31. The van der Waals surface area contributed by atoms with Crippen LogP contribution < -0.4 is 10.1 Å². The monoisotopic (exact) mass is 289 g/mol. The highest BCUT2D eigenvalue weighted by atomic mass is 35.5. The highest BCUT2D eigenvalue weighted by Gasteiger charge is 2.15. The van der Waals surface area contributed by atoms with Crippen LogP contribution in [0.3, 0.4) is 0 Å². The van der Waals surface area contributed by atoms with E-state index in [9.17, 15) is 4.79 Å². The minimum Gasteiger partial charge on any atom is -0.495 e. The predicted octanol–water partition coefficient (Wildman–Crippen LogP) is 4.09. The smallest absolute Gasteiger partial charge is 0.231 e. The predicted molar refractivity (Wildman–Crippen MR) is 81.5 cm³/mol. The Balaban J connectivity index is 2.10. The molecule has 0 unspecified atom stereocenters. The number of nitrogens with one attached hydrogen (secondary N) is 1. The number of amides is 1. The number of ether oxygens (including phenoxy) is 1. The molecule has 3 nitrogen and oxygen atoms in total. The molecule has 1 atom stereocenters. The average molecular weight is 290 g/mol. The zero-order valence-corrected chi connectivity index (χ0v) is 12.1. The third-order valence-corrected chi connectivity index (χ3v) is 3.41. The summed E-state index contributed by atoms with van der Waals surface area (Å²) in [5.41, 5.74) is 1.63. The van der Waals surface area contributed by atoms with Gasteiger partial charge in [0.25, 0.3) is 0 Å². The molecule has 0 spiro atoms. The summed E-state index contributed by atoms with van der Waals surface area (Å²) in [5.74, 6) is 0.287. The van der Waals surface area contributed by atoms with E-state index in [1.54, 1.807) is 25.3 Å². The SMILES string of the molecule is COc1ccc(NC(=O)[C@@H](C)c2ccccc2)cc1Cl. The number of anilines is 1. The summed E-state index contributed by atoms with van der Waals surface area (Å²) in [6, 6.07) is 14.8. The quantitative estimate of drug-likeness (QED) is 0.920. The van der Waals surface area contributed by atoms with Crippen LogP contribution in [0.4, 0.5) is 5.69 Å². The second-order valence-electron chi connectivity index (χ2n) is 4.47. The molecule has 104 valence electrons. The van der Waals surface area contributed by atoms with Crippen molar-refractivity contribution in [3.63, 3.8) is 0 Å². The fourth-order valence-electron chi connectivity index (χ4n) is 1.89. The number of benzene rings is 2. The lowest BCUT2D eigenvalue weighted by Crippen LogP contribution is -2.18. The van der Waals surface area contributed by atoms with Gasteiger partial charge in [-0.15, -0.1) is 0 Å². The van der Waals surface area contributed by atoms with Crippen LogP contribution in [0.2, 0.25) is 5.02 Å². The lowest BCUT2D eigenvalue weighted by Gasteiger charge is -2.13. The number of methoxy groups -OCH3 is 1. The van der Waals surface area contributed by atoms with E-state index in [-0.39, 0.29) is 11.8 Å². The third kappa shape index (κ3) is 3.31. The van der Waals surface area contributed by atoms with E-state index in [4.69, 9.17) is 16.3 Å². The van der Waals surface area contributed by atoms with Crippen molar-refractivity contribution in [1.82, 2.24) is 0 Å². The van der Waals surface area contributed by atoms with Crippen LogP contribution in [0.1, 0.15) is 18.4 Å². The number of hydrogen-bond acceptors (Lipinski definition) is 2. The number of hydrogen-bond donors (Lipinski definition) is 1. The molecule has 2 aromatic carbocycles. The standard InChI is InChI=1S/C16H16ClNO2/c1-11(12-6-4-3-5-7-12)16(19)18-13-8-9-15(20-2)14(17)10-13/h3-11H,1-2H3,(H,18,19)/t11-/m0/s1. The topological polar surface area (TPSA) is 38.3 Å². The van der Waals surface area contributed by atoms with Crippen LogP contribution >= 0.6 is 11.6 Å². The van der Waals surface area contributed by atoms with Crippen LogP contribution in [-0.4, -0.2) is 13.0 Å². The van der Waals surface area contributed by atoms with Crippen molar-refractivity contribution in [3.05, 3.63) is 59.1 Å². The van der Waals surface area contributed by atoms with Crippen molar-refractivity contribution in [2.75, 3.05) is 12.4 Å². The molecule has 0 fully saturated rings. The van der Waals surface area contributed by atoms with Crippen molar-refractivity contribution < 1.29 is 9.53 Å². The first kappa shape index (κ1) is 14.4. The molecule has 2 aromatic rings. The molecule has 20 heavy (non-hydrogen) atoms. The van der Waals surface area contributed by atoms with Gasteiger partial charge in [0.2, 0.25) is 5.91 Å². The van der Waals surface area contributed by atoms with Crippen molar-refractivity contribution in [2.24, 2.45) is 0 Å². The molecule has 0 aromatic heterocycles. The molecule has 4 heteroatoms. The lowest BCUT2D eigenvalue weighted by atomic mass is 10.0. The summed E-state index contributed by atoms with van der Waals surface area (Å²) in [7, 11) is 1.55. The first-order chi connectivity index (χ1) is 9.61. The van der Waals surface area contributed by atoms with E-state index in [1.165, 1.54) is 0 Å². The Kier molecular flexibility index (Phi) is 4.64. The van der Waals surface area contributed by atoms with Crippen LogP contribution in [0.15, 0.2) is 48.5 Å². The zero-order valence-electron chi connectivity index (χ0n) is 11.4. The number of halogens is 1. The molecule has 0 aliphatic heterocycles. The van der Waals surface area contributed by atoms with Gasteiger partial charge in [0, 0.05) is 5.69 Å². The largest absolute Gasteiger partial charge is 0.495 e. The molecule has 0 heterocycles. The fourth-order valence-corrected chi connectivity index (χ4v) is 2.15. The molecule has 0 bridgehead atoms. The van der Waals surface area contributed by atoms with Gasteiger partial charge in [-0.2, -0.15) is 0 Å². The van der Waals surface area contributed by atoms with E-state index < -0.39 is 0 Å². The van der Waals surface area contributed by atoms with Crippen molar-refractivity contribution in [1.29, 1.82) is 0 Å². The molecule has 0 aliphatic rings. The summed E-state index contributed by atoms with van der Waals surface area (Å²) >= 11 is 6.03. The molecular formula is C16H16ClNO2. The summed E-state index contributed by atoms with van der Waals surface area (Å²) in [6.45, 7) is 1.87. The summed E-state index contributed by atoms with van der Waals surface area (Å²) < 4.78 is 5.08. The van der Waals surface area contributed by atoms with E-state index in [0.29, 0.717) is 16.5 Å².